The molecule has 1 heterocycles. The number of β-amino-alcohol motifs (C(OH)–C–C–N with tert-alkyl or cyclic N) is 1. The first kappa shape index (κ1) is 13.9. The number of aliphatic hydroxyl groups is 1. The van der Waals surface area contributed by atoms with Crippen LogP contribution < -0.4 is 5.73 Å². The van der Waals surface area contributed by atoms with E-state index in [1.807, 2.05) is 13.8 Å². The van der Waals surface area contributed by atoms with Crippen molar-refractivity contribution in [2.24, 2.45) is 5.73 Å². The van der Waals surface area contributed by atoms with Gasteiger partial charge in [0.25, 0.3) is 0 Å². The van der Waals surface area contributed by atoms with Crippen molar-refractivity contribution in [1.82, 2.24) is 9.80 Å². The number of nitrogens with zero attached hydrogens (tertiary/aromatic N) is 2. The molecule has 16 heavy (non-hydrogen) atoms. The van der Waals surface area contributed by atoms with Crippen molar-refractivity contribution in [2.45, 2.75) is 38.8 Å². The summed E-state index contributed by atoms with van der Waals surface area (Å²) < 4.78 is 0. The van der Waals surface area contributed by atoms with Gasteiger partial charge in [0, 0.05) is 38.8 Å². The zero-order chi connectivity index (χ0) is 12.2. The molecule has 0 spiro atoms. The maximum Gasteiger partial charge on any atom is 0.0718 e. The van der Waals surface area contributed by atoms with Crippen molar-refractivity contribution < 1.29 is 5.11 Å². The third-order valence-corrected chi connectivity index (χ3v) is 3.23. The summed E-state index contributed by atoms with van der Waals surface area (Å²) in [5.74, 6) is 0. The Labute approximate surface area is 99.4 Å². The van der Waals surface area contributed by atoms with E-state index in [9.17, 15) is 5.11 Å². The monoisotopic (exact) mass is 229 g/mol. The Morgan fingerprint density at radius 1 is 1.25 bits per heavy atom. The van der Waals surface area contributed by atoms with Crippen LogP contribution in [0.4, 0.5) is 0 Å². The van der Waals surface area contributed by atoms with Crippen LogP contribution in [0.3, 0.4) is 0 Å². The van der Waals surface area contributed by atoms with Crippen LogP contribution in [0.5, 0.6) is 0 Å². The normalized spacial score (nSPS) is 22.3. The van der Waals surface area contributed by atoms with Crippen molar-refractivity contribution in [3.63, 3.8) is 0 Å². The van der Waals surface area contributed by atoms with E-state index in [4.69, 9.17) is 5.73 Å². The van der Waals surface area contributed by atoms with Crippen molar-refractivity contribution in [1.29, 1.82) is 0 Å². The fourth-order valence-electron chi connectivity index (χ4n) is 2.33. The summed E-state index contributed by atoms with van der Waals surface area (Å²) in [6, 6.07) is 0.592. The van der Waals surface area contributed by atoms with Gasteiger partial charge in [0.2, 0.25) is 0 Å². The fraction of sp³-hybridized carbons (Fsp3) is 1.00. The molecule has 0 aliphatic carbocycles. The first-order chi connectivity index (χ1) is 7.42. The average molecular weight is 229 g/mol. The number of hydrogen-bond donors (Lipinski definition) is 2. The molecule has 0 aromatic carbocycles. The van der Waals surface area contributed by atoms with Crippen LogP contribution in [-0.4, -0.2) is 65.8 Å². The second kappa shape index (κ2) is 5.96. The highest BCUT2D eigenvalue weighted by Crippen LogP contribution is 2.11. The van der Waals surface area contributed by atoms with Crippen molar-refractivity contribution >= 4 is 0 Å². The first-order valence-electron chi connectivity index (χ1n) is 6.31. The van der Waals surface area contributed by atoms with E-state index in [1.54, 1.807) is 0 Å². The first-order valence-corrected chi connectivity index (χ1v) is 6.31. The lowest BCUT2D eigenvalue weighted by atomic mass is 10.1. The molecule has 1 atom stereocenters. The standard InChI is InChI=1S/C12H27N3O/c1-11(4-5-13)15-8-6-14(7-9-15)10-12(2,3)16/h11,16H,4-10,13H2,1-3H3. The molecular weight excluding hydrogens is 202 g/mol. The summed E-state index contributed by atoms with van der Waals surface area (Å²) in [5.41, 5.74) is 5.00. The summed E-state index contributed by atoms with van der Waals surface area (Å²) in [6.07, 6.45) is 1.07. The third kappa shape index (κ3) is 4.78. The Hall–Kier alpha value is -0.160. The topological polar surface area (TPSA) is 52.7 Å². The number of nitrogens with two attached hydrogens (primary N) is 1. The van der Waals surface area contributed by atoms with Gasteiger partial charge in [-0.3, -0.25) is 9.80 Å². The lowest BCUT2D eigenvalue weighted by Gasteiger charge is -2.39. The summed E-state index contributed by atoms with van der Waals surface area (Å²) in [6.45, 7) is 11.8. The fourth-order valence-corrected chi connectivity index (χ4v) is 2.33. The predicted octanol–water partition coefficient (Wildman–Crippen LogP) is 0.112. The van der Waals surface area contributed by atoms with Gasteiger partial charge >= 0.3 is 0 Å². The quantitative estimate of drug-likeness (QED) is 0.703. The molecule has 0 aromatic rings. The van der Waals surface area contributed by atoms with Crippen molar-refractivity contribution in [3.05, 3.63) is 0 Å². The van der Waals surface area contributed by atoms with Gasteiger partial charge in [-0.25, -0.2) is 0 Å². The van der Waals surface area contributed by atoms with E-state index < -0.39 is 5.60 Å². The minimum Gasteiger partial charge on any atom is -0.389 e. The Bertz CT molecular complexity index is 195. The molecule has 1 unspecified atom stereocenters. The number of rotatable bonds is 5. The molecule has 0 aromatic heterocycles. The summed E-state index contributed by atoms with van der Waals surface area (Å²) in [5, 5.41) is 9.76. The molecule has 4 nitrogen and oxygen atoms in total. The maximum atomic E-state index is 9.76. The van der Waals surface area contributed by atoms with Crippen LogP contribution in [-0.2, 0) is 0 Å². The van der Waals surface area contributed by atoms with Crippen LogP contribution in [0.25, 0.3) is 0 Å². The SMILES string of the molecule is CC(CCN)N1CCN(CC(C)(C)O)CC1. The van der Waals surface area contributed by atoms with E-state index in [2.05, 4.69) is 16.7 Å². The van der Waals surface area contributed by atoms with Gasteiger partial charge in [0.1, 0.15) is 0 Å². The minimum atomic E-state index is -0.578. The van der Waals surface area contributed by atoms with Crippen LogP contribution >= 0.6 is 0 Å². The third-order valence-electron chi connectivity index (χ3n) is 3.23. The van der Waals surface area contributed by atoms with Crippen LogP contribution in [0.1, 0.15) is 27.2 Å². The second-order valence-corrected chi connectivity index (χ2v) is 5.55. The maximum absolute atomic E-state index is 9.76. The van der Waals surface area contributed by atoms with Crippen LogP contribution in [0.2, 0.25) is 0 Å². The zero-order valence-corrected chi connectivity index (χ0v) is 10.9. The summed E-state index contributed by atoms with van der Waals surface area (Å²) in [7, 11) is 0. The van der Waals surface area contributed by atoms with Gasteiger partial charge in [0.05, 0.1) is 5.60 Å². The average Bonchev–Trinajstić information content (AvgIpc) is 2.16. The van der Waals surface area contributed by atoms with Gasteiger partial charge in [-0.2, -0.15) is 0 Å². The zero-order valence-electron chi connectivity index (χ0n) is 10.9. The molecule has 1 saturated heterocycles. The van der Waals surface area contributed by atoms with E-state index in [0.29, 0.717) is 6.04 Å². The molecule has 0 saturated carbocycles. The molecular formula is C12H27N3O. The number of piperazine rings is 1. The van der Waals surface area contributed by atoms with Crippen molar-refractivity contribution in [3.8, 4) is 0 Å². The minimum absolute atomic E-state index is 0.578. The Morgan fingerprint density at radius 3 is 2.25 bits per heavy atom. The molecule has 3 N–H and O–H groups in total. The highest BCUT2D eigenvalue weighted by Gasteiger charge is 2.24. The second-order valence-electron chi connectivity index (χ2n) is 5.55. The van der Waals surface area contributed by atoms with E-state index in [1.165, 1.54) is 0 Å². The lowest BCUT2D eigenvalue weighted by molar-refractivity contribution is 0.0118. The smallest absolute Gasteiger partial charge is 0.0718 e. The molecule has 1 aliphatic heterocycles. The largest absolute Gasteiger partial charge is 0.389 e. The van der Waals surface area contributed by atoms with Crippen molar-refractivity contribution in [2.75, 3.05) is 39.3 Å². The Balaban J connectivity index is 2.28. The highest BCUT2D eigenvalue weighted by atomic mass is 16.3. The van der Waals surface area contributed by atoms with E-state index in [-0.39, 0.29) is 0 Å². The molecule has 1 rings (SSSR count). The van der Waals surface area contributed by atoms with Gasteiger partial charge < -0.3 is 10.8 Å². The molecule has 4 heteroatoms. The van der Waals surface area contributed by atoms with Crippen LogP contribution in [0, 0.1) is 0 Å². The van der Waals surface area contributed by atoms with Gasteiger partial charge in [-0.1, -0.05) is 0 Å². The molecule has 0 amide bonds. The molecule has 0 bridgehead atoms. The van der Waals surface area contributed by atoms with E-state index >= 15 is 0 Å². The molecule has 1 fully saturated rings. The number of hydrogen-bond acceptors (Lipinski definition) is 4. The van der Waals surface area contributed by atoms with E-state index in [0.717, 1.165) is 45.7 Å². The Morgan fingerprint density at radius 2 is 1.81 bits per heavy atom. The Kier molecular flexibility index (Phi) is 5.18. The van der Waals surface area contributed by atoms with Gasteiger partial charge in [-0.05, 0) is 33.7 Å². The molecule has 96 valence electrons. The summed E-state index contributed by atoms with van der Waals surface area (Å²) >= 11 is 0. The highest BCUT2D eigenvalue weighted by molar-refractivity contribution is 4.80. The van der Waals surface area contributed by atoms with Gasteiger partial charge in [-0.15, -0.1) is 0 Å². The summed E-state index contributed by atoms with van der Waals surface area (Å²) in [4.78, 5) is 4.83. The lowest BCUT2D eigenvalue weighted by Crippen LogP contribution is -2.52. The predicted molar refractivity (Wildman–Crippen MR) is 67.4 cm³/mol. The molecule has 0 radical (unpaired) electrons. The van der Waals surface area contributed by atoms with Crippen LogP contribution in [0.15, 0.2) is 0 Å². The van der Waals surface area contributed by atoms with Gasteiger partial charge in [0.15, 0.2) is 0 Å². The molecule has 1 aliphatic rings.